The van der Waals surface area contributed by atoms with Gasteiger partial charge in [0.05, 0.1) is 19.2 Å². The van der Waals surface area contributed by atoms with Crippen molar-refractivity contribution in [1.82, 2.24) is 4.98 Å². The standard InChI is InChI=1S/C11H15NO3/c1-8(2)7-15-10-3-9(4-11(13)14)5-12-6-10/h3,5-6,8H,4,7H2,1-2H3,(H,13,14). The van der Waals surface area contributed by atoms with Gasteiger partial charge < -0.3 is 9.84 Å². The minimum atomic E-state index is -0.863. The summed E-state index contributed by atoms with van der Waals surface area (Å²) in [7, 11) is 0. The Balaban J connectivity index is 2.61. The first-order valence-electron chi connectivity index (χ1n) is 4.86. The van der Waals surface area contributed by atoms with Crippen LogP contribution in [0.25, 0.3) is 0 Å². The van der Waals surface area contributed by atoms with Gasteiger partial charge in [-0.25, -0.2) is 0 Å². The molecule has 0 bridgehead atoms. The van der Waals surface area contributed by atoms with Gasteiger partial charge in [0.25, 0.3) is 0 Å². The fourth-order valence-corrected chi connectivity index (χ4v) is 1.08. The molecule has 0 spiro atoms. The molecule has 0 radical (unpaired) electrons. The summed E-state index contributed by atoms with van der Waals surface area (Å²) in [6.45, 7) is 4.71. The lowest BCUT2D eigenvalue weighted by molar-refractivity contribution is -0.136. The maximum atomic E-state index is 10.5. The van der Waals surface area contributed by atoms with Crippen molar-refractivity contribution in [2.75, 3.05) is 6.61 Å². The van der Waals surface area contributed by atoms with E-state index in [0.717, 1.165) is 0 Å². The Morgan fingerprint density at radius 1 is 1.53 bits per heavy atom. The number of aliphatic carboxylic acids is 1. The Morgan fingerprint density at radius 3 is 2.87 bits per heavy atom. The smallest absolute Gasteiger partial charge is 0.307 e. The van der Waals surface area contributed by atoms with Crippen molar-refractivity contribution in [3.05, 3.63) is 24.0 Å². The van der Waals surface area contributed by atoms with Gasteiger partial charge in [0, 0.05) is 6.20 Å². The molecule has 1 N–H and O–H groups in total. The molecule has 4 heteroatoms. The lowest BCUT2D eigenvalue weighted by Gasteiger charge is -2.08. The van der Waals surface area contributed by atoms with Gasteiger partial charge in [-0.1, -0.05) is 13.8 Å². The summed E-state index contributed by atoms with van der Waals surface area (Å²) >= 11 is 0. The van der Waals surface area contributed by atoms with Gasteiger partial charge in [0.1, 0.15) is 5.75 Å². The van der Waals surface area contributed by atoms with Crippen LogP contribution in [-0.4, -0.2) is 22.7 Å². The summed E-state index contributed by atoms with van der Waals surface area (Å²) in [6, 6.07) is 1.71. The summed E-state index contributed by atoms with van der Waals surface area (Å²) in [5, 5.41) is 8.61. The van der Waals surface area contributed by atoms with E-state index < -0.39 is 5.97 Å². The molecule has 1 aromatic heterocycles. The van der Waals surface area contributed by atoms with E-state index in [1.165, 1.54) is 6.20 Å². The number of pyridine rings is 1. The molecule has 82 valence electrons. The fraction of sp³-hybridized carbons (Fsp3) is 0.455. The highest BCUT2D eigenvalue weighted by Gasteiger charge is 2.03. The van der Waals surface area contributed by atoms with E-state index in [0.29, 0.717) is 23.8 Å². The molecular weight excluding hydrogens is 194 g/mol. The summed E-state index contributed by atoms with van der Waals surface area (Å²) in [5.74, 6) is 0.202. The number of carbonyl (C=O) groups is 1. The second-order valence-corrected chi connectivity index (χ2v) is 3.80. The van der Waals surface area contributed by atoms with Crippen LogP contribution in [0.3, 0.4) is 0 Å². The largest absolute Gasteiger partial charge is 0.492 e. The zero-order valence-electron chi connectivity index (χ0n) is 8.93. The first-order valence-corrected chi connectivity index (χ1v) is 4.86. The van der Waals surface area contributed by atoms with E-state index in [-0.39, 0.29) is 6.42 Å². The molecule has 1 rings (SSSR count). The zero-order chi connectivity index (χ0) is 11.3. The third-order valence-corrected chi connectivity index (χ3v) is 1.71. The topological polar surface area (TPSA) is 59.4 Å². The predicted molar refractivity (Wildman–Crippen MR) is 55.9 cm³/mol. The van der Waals surface area contributed by atoms with Gasteiger partial charge in [-0.3, -0.25) is 9.78 Å². The van der Waals surface area contributed by atoms with Gasteiger partial charge in [-0.15, -0.1) is 0 Å². The maximum absolute atomic E-state index is 10.5. The molecule has 1 heterocycles. The first-order chi connectivity index (χ1) is 7.08. The van der Waals surface area contributed by atoms with Crippen molar-refractivity contribution in [3.63, 3.8) is 0 Å². The van der Waals surface area contributed by atoms with Crippen LogP contribution in [0, 0.1) is 5.92 Å². The molecule has 0 saturated heterocycles. The minimum absolute atomic E-state index is 0.0219. The highest BCUT2D eigenvalue weighted by molar-refractivity contribution is 5.70. The Bertz CT molecular complexity index is 336. The maximum Gasteiger partial charge on any atom is 0.307 e. The van der Waals surface area contributed by atoms with E-state index in [9.17, 15) is 4.79 Å². The molecule has 0 fully saturated rings. The molecular formula is C11H15NO3. The average Bonchev–Trinajstić information content (AvgIpc) is 2.14. The summed E-state index contributed by atoms with van der Waals surface area (Å²) in [4.78, 5) is 14.4. The van der Waals surface area contributed by atoms with Crippen molar-refractivity contribution in [2.24, 2.45) is 5.92 Å². The van der Waals surface area contributed by atoms with E-state index in [1.807, 2.05) is 0 Å². The Labute approximate surface area is 88.9 Å². The van der Waals surface area contributed by atoms with Crippen LogP contribution in [0.4, 0.5) is 0 Å². The quantitative estimate of drug-likeness (QED) is 0.802. The number of hydrogen-bond donors (Lipinski definition) is 1. The monoisotopic (exact) mass is 209 g/mol. The normalized spacial score (nSPS) is 10.3. The van der Waals surface area contributed by atoms with Gasteiger partial charge in [-0.05, 0) is 17.5 Å². The lowest BCUT2D eigenvalue weighted by atomic mass is 10.2. The zero-order valence-corrected chi connectivity index (χ0v) is 8.93. The molecule has 0 unspecified atom stereocenters. The van der Waals surface area contributed by atoms with E-state index >= 15 is 0 Å². The Kier molecular flexibility index (Phi) is 4.09. The first kappa shape index (κ1) is 11.5. The van der Waals surface area contributed by atoms with Crippen molar-refractivity contribution < 1.29 is 14.6 Å². The number of carboxylic acids is 1. The Hall–Kier alpha value is -1.58. The number of nitrogens with zero attached hydrogens (tertiary/aromatic N) is 1. The molecule has 0 aliphatic rings. The number of rotatable bonds is 5. The van der Waals surface area contributed by atoms with Crippen LogP contribution in [0.1, 0.15) is 19.4 Å². The third kappa shape index (κ3) is 4.44. The van der Waals surface area contributed by atoms with Crippen molar-refractivity contribution in [1.29, 1.82) is 0 Å². The third-order valence-electron chi connectivity index (χ3n) is 1.71. The second kappa shape index (κ2) is 5.34. The second-order valence-electron chi connectivity index (χ2n) is 3.80. The number of hydrogen-bond acceptors (Lipinski definition) is 3. The predicted octanol–water partition coefficient (Wildman–Crippen LogP) is 1.74. The molecule has 0 aromatic carbocycles. The van der Waals surface area contributed by atoms with Crippen LogP contribution in [-0.2, 0) is 11.2 Å². The average molecular weight is 209 g/mol. The van der Waals surface area contributed by atoms with Gasteiger partial charge in [0.15, 0.2) is 0 Å². The summed E-state index contributed by atoms with van der Waals surface area (Å²) in [5.41, 5.74) is 0.656. The van der Waals surface area contributed by atoms with Crippen LogP contribution in [0.15, 0.2) is 18.5 Å². The summed E-state index contributed by atoms with van der Waals surface area (Å²) in [6.07, 6.45) is 3.11. The van der Waals surface area contributed by atoms with E-state index in [1.54, 1.807) is 12.3 Å². The molecule has 0 aliphatic carbocycles. The summed E-state index contributed by atoms with van der Waals surface area (Å²) < 4.78 is 5.43. The molecule has 0 atom stereocenters. The van der Waals surface area contributed by atoms with E-state index in [4.69, 9.17) is 9.84 Å². The van der Waals surface area contributed by atoms with Gasteiger partial charge in [-0.2, -0.15) is 0 Å². The molecule has 0 aliphatic heterocycles. The highest BCUT2D eigenvalue weighted by atomic mass is 16.5. The highest BCUT2D eigenvalue weighted by Crippen LogP contribution is 2.12. The Morgan fingerprint density at radius 2 is 2.27 bits per heavy atom. The molecule has 1 aromatic rings. The van der Waals surface area contributed by atoms with Crippen LogP contribution < -0.4 is 4.74 Å². The van der Waals surface area contributed by atoms with Gasteiger partial charge >= 0.3 is 5.97 Å². The van der Waals surface area contributed by atoms with Crippen LogP contribution >= 0.6 is 0 Å². The molecule has 0 saturated carbocycles. The minimum Gasteiger partial charge on any atom is -0.492 e. The van der Waals surface area contributed by atoms with Crippen molar-refractivity contribution >= 4 is 5.97 Å². The number of ether oxygens (including phenoxy) is 1. The SMILES string of the molecule is CC(C)COc1cncc(CC(=O)O)c1. The fourth-order valence-electron chi connectivity index (χ4n) is 1.08. The van der Waals surface area contributed by atoms with Crippen LogP contribution in [0.5, 0.6) is 5.75 Å². The number of carboxylic acid groups (broad SMARTS) is 1. The lowest BCUT2D eigenvalue weighted by Crippen LogP contribution is -2.06. The van der Waals surface area contributed by atoms with Gasteiger partial charge in [0.2, 0.25) is 0 Å². The molecule has 0 amide bonds. The van der Waals surface area contributed by atoms with Crippen molar-refractivity contribution in [2.45, 2.75) is 20.3 Å². The molecule has 15 heavy (non-hydrogen) atoms. The van der Waals surface area contributed by atoms with E-state index in [2.05, 4.69) is 18.8 Å². The van der Waals surface area contributed by atoms with Crippen LogP contribution in [0.2, 0.25) is 0 Å². The number of aromatic nitrogens is 1. The molecule has 4 nitrogen and oxygen atoms in total. The van der Waals surface area contributed by atoms with Crippen molar-refractivity contribution in [3.8, 4) is 5.75 Å².